The third-order valence-electron chi connectivity index (χ3n) is 8.89. The van der Waals surface area contributed by atoms with Crippen molar-refractivity contribution >= 4 is 11.9 Å². The van der Waals surface area contributed by atoms with Crippen molar-refractivity contribution in [2.45, 2.75) is 200 Å². The molecule has 0 rings (SSSR count). The summed E-state index contributed by atoms with van der Waals surface area (Å²) in [7, 11) is 3.86. The lowest BCUT2D eigenvalue weighted by Gasteiger charge is -2.23. The fraction of sp³-hybridized carbons (Fsp3) is 0.854. The maximum absolute atomic E-state index is 12.2. The van der Waals surface area contributed by atoms with Gasteiger partial charge in [0.05, 0.1) is 6.04 Å². The predicted molar refractivity (Wildman–Crippen MR) is 198 cm³/mol. The summed E-state index contributed by atoms with van der Waals surface area (Å²) in [6.45, 7) is 5.06. The van der Waals surface area contributed by atoms with E-state index in [9.17, 15) is 9.59 Å². The van der Waals surface area contributed by atoms with E-state index in [1.807, 2.05) is 19.0 Å². The minimum atomic E-state index is -0.149. The molecule has 0 saturated carbocycles. The third-order valence-corrected chi connectivity index (χ3v) is 8.89. The number of hydrogen-bond donors (Lipinski definition) is 0. The molecule has 0 aromatic carbocycles. The van der Waals surface area contributed by atoms with Crippen molar-refractivity contribution in [3.8, 4) is 0 Å². The SMILES string of the molecule is CCCCCCCC/C=C\CCCCCCCC(=O)OCC(COC(=O)CCCCCCC/C=C\CCCCCCCC)N(C)C. The van der Waals surface area contributed by atoms with Crippen molar-refractivity contribution in [2.75, 3.05) is 27.3 Å². The quantitative estimate of drug-likeness (QED) is 0.0389. The summed E-state index contributed by atoms with van der Waals surface area (Å²) in [4.78, 5) is 26.5. The van der Waals surface area contributed by atoms with Gasteiger partial charge in [0.1, 0.15) is 13.2 Å². The van der Waals surface area contributed by atoms with Crippen molar-refractivity contribution in [2.24, 2.45) is 0 Å². The largest absolute Gasteiger partial charge is 0.464 e. The van der Waals surface area contributed by atoms with E-state index in [1.165, 1.54) is 141 Å². The number of likely N-dealkylation sites (N-methyl/N-ethyl adjacent to an activating group) is 1. The average molecular weight is 648 g/mol. The number of esters is 2. The van der Waals surface area contributed by atoms with Gasteiger partial charge in [-0.2, -0.15) is 0 Å². The van der Waals surface area contributed by atoms with Crippen molar-refractivity contribution < 1.29 is 19.1 Å². The van der Waals surface area contributed by atoms with Crippen LogP contribution < -0.4 is 0 Å². The normalized spacial score (nSPS) is 11.9. The van der Waals surface area contributed by atoms with Gasteiger partial charge in [-0.1, -0.05) is 141 Å². The van der Waals surface area contributed by atoms with E-state index in [0.29, 0.717) is 12.8 Å². The molecular formula is C41H77NO4. The van der Waals surface area contributed by atoms with E-state index < -0.39 is 0 Å². The topological polar surface area (TPSA) is 55.8 Å². The molecule has 5 nitrogen and oxygen atoms in total. The highest BCUT2D eigenvalue weighted by atomic mass is 16.5. The van der Waals surface area contributed by atoms with Gasteiger partial charge in [0.2, 0.25) is 0 Å². The number of carbonyl (C=O) groups excluding carboxylic acids is 2. The molecule has 0 atom stereocenters. The Kier molecular flexibility index (Phi) is 34.9. The Hall–Kier alpha value is -1.62. The number of ether oxygens (including phenoxy) is 2. The molecule has 0 radical (unpaired) electrons. The number of rotatable bonds is 35. The predicted octanol–water partition coefficient (Wildman–Crippen LogP) is 12.1. The molecule has 0 aliphatic carbocycles. The zero-order valence-corrected chi connectivity index (χ0v) is 31.2. The number of allylic oxidation sites excluding steroid dienone is 4. The molecule has 0 amide bonds. The van der Waals surface area contributed by atoms with E-state index >= 15 is 0 Å². The minimum absolute atomic E-state index is 0.115. The number of unbranched alkanes of at least 4 members (excludes halogenated alkanes) is 22. The van der Waals surface area contributed by atoms with Crippen LogP contribution >= 0.6 is 0 Å². The van der Waals surface area contributed by atoms with Gasteiger partial charge in [-0.15, -0.1) is 0 Å². The van der Waals surface area contributed by atoms with Crippen LogP contribution in [0.3, 0.4) is 0 Å². The van der Waals surface area contributed by atoms with Gasteiger partial charge in [0.15, 0.2) is 0 Å². The highest BCUT2D eigenvalue weighted by molar-refractivity contribution is 5.69. The molecular weight excluding hydrogens is 570 g/mol. The molecule has 270 valence electrons. The lowest BCUT2D eigenvalue weighted by atomic mass is 10.1. The van der Waals surface area contributed by atoms with Crippen LogP contribution in [-0.4, -0.2) is 50.2 Å². The fourth-order valence-corrected chi connectivity index (χ4v) is 5.55. The zero-order valence-electron chi connectivity index (χ0n) is 31.2. The lowest BCUT2D eigenvalue weighted by molar-refractivity contribution is -0.149. The summed E-state index contributed by atoms with van der Waals surface area (Å²) in [6.07, 6.45) is 42.7. The van der Waals surface area contributed by atoms with E-state index in [0.717, 1.165) is 25.7 Å². The first kappa shape index (κ1) is 44.4. The van der Waals surface area contributed by atoms with E-state index in [-0.39, 0.29) is 31.2 Å². The number of carbonyl (C=O) groups is 2. The molecule has 0 N–H and O–H groups in total. The van der Waals surface area contributed by atoms with Gasteiger partial charge < -0.3 is 14.4 Å². The standard InChI is InChI=1S/C41H77NO4/c1-5-7-9-11-13-15-17-19-21-23-25-27-29-31-33-35-40(43)45-37-39(42(3)4)38-46-41(44)36-34-32-30-28-26-24-22-20-18-16-14-12-10-8-6-2/h19-22,39H,5-18,23-38H2,1-4H3/b21-19-,22-20-. The minimum Gasteiger partial charge on any atom is -0.464 e. The van der Waals surface area contributed by atoms with Gasteiger partial charge in [-0.3, -0.25) is 9.59 Å². The van der Waals surface area contributed by atoms with Gasteiger partial charge in [-0.25, -0.2) is 0 Å². The van der Waals surface area contributed by atoms with Crippen molar-refractivity contribution in [3.05, 3.63) is 24.3 Å². The fourth-order valence-electron chi connectivity index (χ4n) is 5.55. The molecule has 0 aliphatic heterocycles. The smallest absolute Gasteiger partial charge is 0.305 e. The maximum atomic E-state index is 12.2. The molecule has 46 heavy (non-hydrogen) atoms. The Bertz CT molecular complexity index is 661. The van der Waals surface area contributed by atoms with Gasteiger partial charge in [-0.05, 0) is 78.3 Å². The van der Waals surface area contributed by atoms with Crippen LogP contribution in [0.2, 0.25) is 0 Å². The van der Waals surface area contributed by atoms with E-state index in [4.69, 9.17) is 9.47 Å². The second kappa shape index (κ2) is 36.2. The Balaban J connectivity index is 3.68. The van der Waals surface area contributed by atoms with Crippen LogP contribution in [0.5, 0.6) is 0 Å². The Morgan fingerprint density at radius 1 is 0.457 bits per heavy atom. The first-order chi connectivity index (χ1) is 22.5. The van der Waals surface area contributed by atoms with Gasteiger partial charge >= 0.3 is 11.9 Å². The first-order valence-electron chi connectivity index (χ1n) is 19.8. The van der Waals surface area contributed by atoms with Crippen LogP contribution in [0.4, 0.5) is 0 Å². The molecule has 0 aliphatic rings. The summed E-state index contributed by atoms with van der Waals surface area (Å²) >= 11 is 0. The second-order valence-corrected chi connectivity index (χ2v) is 13.7. The number of nitrogens with zero attached hydrogens (tertiary/aromatic N) is 1. The van der Waals surface area contributed by atoms with E-state index in [2.05, 4.69) is 38.2 Å². The van der Waals surface area contributed by atoms with Crippen molar-refractivity contribution in [3.63, 3.8) is 0 Å². The Morgan fingerprint density at radius 2 is 0.739 bits per heavy atom. The molecule has 0 heterocycles. The van der Waals surface area contributed by atoms with Crippen LogP contribution in [0.15, 0.2) is 24.3 Å². The summed E-state index contributed by atoms with van der Waals surface area (Å²) in [5.41, 5.74) is 0. The lowest BCUT2D eigenvalue weighted by Crippen LogP contribution is -2.38. The van der Waals surface area contributed by atoms with Crippen LogP contribution in [0, 0.1) is 0 Å². The summed E-state index contributed by atoms with van der Waals surface area (Å²) in [5.74, 6) is -0.298. The zero-order chi connectivity index (χ0) is 33.8. The summed E-state index contributed by atoms with van der Waals surface area (Å²) in [6, 6.07) is -0.115. The summed E-state index contributed by atoms with van der Waals surface area (Å²) < 4.78 is 11.0. The molecule has 0 aromatic heterocycles. The first-order valence-corrected chi connectivity index (χ1v) is 19.8. The molecule has 0 fully saturated rings. The third kappa shape index (κ3) is 33.7. The summed E-state index contributed by atoms with van der Waals surface area (Å²) in [5, 5.41) is 0. The monoisotopic (exact) mass is 648 g/mol. The van der Waals surface area contributed by atoms with Crippen molar-refractivity contribution in [1.82, 2.24) is 4.90 Å². The maximum Gasteiger partial charge on any atom is 0.305 e. The highest BCUT2D eigenvalue weighted by Gasteiger charge is 2.17. The van der Waals surface area contributed by atoms with Crippen LogP contribution in [0.25, 0.3) is 0 Å². The van der Waals surface area contributed by atoms with E-state index in [1.54, 1.807) is 0 Å². The molecule has 5 heteroatoms. The average Bonchev–Trinajstić information content (AvgIpc) is 3.04. The van der Waals surface area contributed by atoms with Gasteiger partial charge in [0.25, 0.3) is 0 Å². The molecule has 0 spiro atoms. The van der Waals surface area contributed by atoms with Crippen molar-refractivity contribution in [1.29, 1.82) is 0 Å². The highest BCUT2D eigenvalue weighted by Crippen LogP contribution is 2.12. The Morgan fingerprint density at radius 3 is 1.04 bits per heavy atom. The van der Waals surface area contributed by atoms with Crippen LogP contribution in [0.1, 0.15) is 194 Å². The second-order valence-electron chi connectivity index (χ2n) is 13.7. The molecule has 0 unspecified atom stereocenters. The molecule has 0 saturated heterocycles. The van der Waals surface area contributed by atoms with Gasteiger partial charge in [0, 0.05) is 12.8 Å². The molecule has 0 bridgehead atoms. The molecule has 0 aromatic rings. The Labute approximate surface area is 286 Å². The van der Waals surface area contributed by atoms with Crippen LogP contribution in [-0.2, 0) is 19.1 Å². The number of hydrogen-bond acceptors (Lipinski definition) is 5.